The number of allylic oxidation sites excluding steroid dienone is 7. The molecule has 0 spiro atoms. The summed E-state index contributed by atoms with van der Waals surface area (Å²) in [4.78, 5) is 0. The van der Waals surface area contributed by atoms with Crippen LogP contribution in [-0.2, 0) is 0 Å². The molecular formula is C24H40O. The molecule has 0 heterocycles. The lowest BCUT2D eigenvalue weighted by atomic mass is 9.91. The second-order valence-electron chi connectivity index (χ2n) is 6.93. The molecule has 0 aliphatic rings. The van der Waals surface area contributed by atoms with Gasteiger partial charge in [-0.1, -0.05) is 97.9 Å². The second kappa shape index (κ2) is 14.6. The van der Waals surface area contributed by atoms with Crippen molar-refractivity contribution in [3.8, 4) is 0 Å². The van der Waals surface area contributed by atoms with Gasteiger partial charge in [-0.3, -0.25) is 0 Å². The summed E-state index contributed by atoms with van der Waals surface area (Å²) in [7, 11) is 0. The maximum absolute atomic E-state index is 9.19. The zero-order valence-electron chi connectivity index (χ0n) is 17.5. The molecule has 0 radical (unpaired) electrons. The van der Waals surface area contributed by atoms with Crippen molar-refractivity contribution in [1.82, 2.24) is 0 Å². The Hall–Kier alpha value is -1.76. The summed E-state index contributed by atoms with van der Waals surface area (Å²) >= 11 is 0. The van der Waals surface area contributed by atoms with Crippen molar-refractivity contribution in [3.63, 3.8) is 0 Å². The highest BCUT2D eigenvalue weighted by Crippen LogP contribution is 2.23. The smallest absolute Gasteiger partial charge is 0.108 e. The summed E-state index contributed by atoms with van der Waals surface area (Å²) in [6.45, 7) is 28.5. The van der Waals surface area contributed by atoms with E-state index in [4.69, 9.17) is 0 Å². The molecule has 0 aliphatic carbocycles. The highest BCUT2D eigenvalue weighted by Gasteiger charge is 2.07. The van der Waals surface area contributed by atoms with Crippen LogP contribution >= 0.6 is 0 Å². The van der Waals surface area contributed by atoms with Crippen molar-refractivity contribution in [2.24, 2.45) is 11.8 Å². The van der Waals surface area contributed by atoms with Crippen molar-refractivity contribution in [3.05, 3.63) is 72.6 Å². The first-order chi connectivity index (χ1) is 11.6. The third kappa shape index (κ3) is 13.2. The molecule has 0 aromatic heterocycles. The average Bonchev–Trinajstić information content (AvgIpc) is 2.55. The lowest BCUT2D eigenvalue weighted by Gasteiger charge is -2.15. The van der Waals surface area contributed by atoms with Gasteiger partial charge in [-0.25, -0.2) is 0 Å². The van der Waals surface area contributed by atoms with E-state index in [1.807, 2.05) is 19.1 Å². The van der Waals surface area contributed by atoms with Gasteiger partial charge in [0.25, 0.3) is 0 Å². The maximum Gasteiger partial charge on any atom is 0.108 e. The Morgan fingerprint density at radius 2 is 1.48 bits per heavy atom. The molecule has 142 valence electrons. The lowest BCUT2D eigenvalue weighted by molar-refractivity contribution is 0.434. The molecule has 0 saturated heterocycles. The number of hydrogen-bond donors (Lipinski definition) is 1. The van der Waals surface area contributed by atoms with E-state index in [-0.39, 0.29) is 5.76 Å². The van der Waals surface area contributed by atoms with E-state index in [0.29, 0.717) is 5.92 Å². The molecule has 25 heavy (non-hydrogen) atoms. The average molecular weight is 345 g/mol. The lowest BCUT2D eigenvalue weighted by Crippen LogP contribution is -2.01. The molecule has 0 saturated carbocycles. The molecule has 0 aromatic carbocycles. The fourth-order valence-corrected chi connectivity index (χ4v) is 1.99. The predicted octanol–water partition coefficient (Wildman–Crippen LogP) is 8.11. The zero-order chi connectivity index (χ0) is 20.0. The zero-order valence-corrected chi connectivity index (χ0v) is 17.5. The van der Waals surface area contributed by atoms with Crippen molar-refractivity contribution in [1.29, 1.82) is 0 Å². The Labute approximate surface area is 157 Å². The van der Waals surface area contributed by atoms with Crippen LogP contribution in [0.3, 0.4) is 0 Å². The van der Waals surface area contributed by atoms with E-state index in [1.54, 1.807) is 6.08 Å². The molecule has 1 N–H and O–H groups in total. The van der Waals surface area contributed by atoms with Crippen LogP contribution in [0.1, 0.15) is 67.2 Å². The van der Waals surface area contributed by atoms with Crippen LogP contribution in [0.2, 0.25) is 0 Å². The van der Waals surface area contributed by atoms with E-state index in [1.165, 1.54) is 19.3 Å². The van der Waals surface area contributed by atoms with Crippen LogP contribution in [-0.4, -0.2) is 5.11 Å². The summed E-state index contributed by atoms with van der Waals surface area (Å²) in [5, 5.41) is 9.19. The Morgan fingerprint density at radius 1 is 0.960 bits per heavy atom. The van der Waals surface area contributed by atoms with Crippen LogP contribution in [0, 0.1) is 11.8 Å². The number of rotatable bonds is 10. The first-order valence-electron chi connectivity index (χ1n) is 9.42. The summed E-state index contributed by atoms with van der Waals surface area (Å²) in [5.41, 5.74) is 3.60. The molecule has 1 nitrogen and oxygen atoms in total. The molecule has 0 fully saturated rings. The van der Waals surface area contributed by atoms with E-state index in [9.17, 15) is 5.11 Å². The molecule has 0 rings (SSSR count). The Kier molecular flexibility index (Phi) is 14.9. The fraction of sp³-hybridized carbons (Fsp3) is 0.500. The first-order valence-corrected chi connectivity index (χ1v) is 9.42. The third-order valence-electron chi connectivity index (χ3n) is 4.17. The minimum absolute atomic E-state index is 0.0264. The van der Waals surface area contributed by atoms with Gasteiger partial charge in [0.05, 0.1) is 0 Å². The van der Waals surface area contributed by atoms with Crippen LogP contribution in [0.15, 0.2) is 72.6 Å². The molecule has 0 aliphatic heterocycles. The minimum atomic E-state index is 0.0264. The molecule has 0 bridgehead atoms. The topological polar surface area (TPSA) is 20.2 Å². The highest BCUT2D eigenvalue weighted by molar-refractivity contribution is 5.49. The fourth-order valence-electron chi connectivity index (χ4n) is 1.99. The number of hydrogen-bond acceptors (Lipinski definition) is 1. The summed E-state index contributed by atoms with van der Waals surface area (Å²) in [6.07, 6.45) is 10.4. The highest BCUT2D eigenvalue weighted by atomic mass is 16.3. The normalized spacial score (nSPS) is 13.6. The SMILES string of the molecule is C=C(O)/C=C(/C)C(=C)C(=C)/C=C\C(=C)C(C)CCC(C)CC.CCC. The quantitative estimate of drug-likeness (QED) is 0.313. The molecule has 0 aromatic rings. The van der Waals surface area contributed by atoms with Gasteiger partial charge in [-0.15, -0.1) is 0 Å². The van der Waals surface area contributed by atoms with Crippen molar-refractivity contribution >= 4 is 0 Å². The summed E-state index contributed by atoms with van der Waals surface area (Å²) in [6, 6.07) is 0. The van der Waals surface area contributed by atoms with E-state index >= 15 is 0 Å². The number of aliphatic hydroxyl groups excluding tert-OH is 1. The summed E-state index contributed by atoms with van der Waals surface area (Å²) < 4.78 is 0. The van der Waals surface area contributed by atoms with Crippen molar-refractivity contribution in [2.75, 3.05) is 0 Å². The predicted molar refractivity (Wildman–Crippen MR) is 116 cm³/mol. The van der Waals surface area contributed by atoms with Gasteiger partial charge in [-0.2, -0.15) is 0 Å². The van der Waals surface area contributed by atoms with Crippen molar-refractivity contribution < 1.29 is 5.11 Å². The van der Waals surface area contributed by atoms with Gasteiger partial charge in [0.15, 0.2) is 0 Å². The van der Waals surface area contributed by atoms with Crippen LogP contribution in [0.25, 0.3) is 0 Å². The molecule has 1 heteroatoms. The minimum Gasteiger partial charge on any atom is -0.509 e. The Bertz CT molecular complexity index is 502. The van der Waals surface area contributed by atoms with Gasteiger partial charge in [-0.05, 0) is 48.0 Å². The van der Waals surface area contributed by atoms with E-state index in [0.717, 1.165) is 34.6 Å². The van der Waals surface area contributed by atoms with Gasteiger partial charge >= 0.3 is 0 Å². The van der Waals surface area contributed by atoms with Gasteiger partial charge in [0.2, 0.25) is 0 Å². The van der Waals surface area contributed by atoms with Crippen LogP contribution < -0.4 is 0 Å². The monoisotopic (exact) mass is 344 g/mol. The number of aliphatic hydroxyl groups is 1. The Morgan fingerprint density at radius 3 is 1.92 bits per heavy atom. The third-order valence-corrected chi connectivity index (χ3v) is 4.17. The maximum atomic E-state index is 9.19. The van der Waals surface area contributed by atoms with Gasteiger partial charge in [0.1, 0.15) is 5.76 Å². The second-order valence-corrected chi connectivity index (χ2v) is 6.93. The largest absolute Gasteiger partial charge is 0.509 e. The van der Waals surface area contributed by atoms with Crippen LogP contribution in [0.5, 0.6) is 0 Å². The molecule has 0 amide bonds. The van der Waals surface area contributed by atoms with Crippen molar-refractivity contribution in [2.45, 2.75) is 67.2 Å². The molecular weight excluding hydrogens is 304 g/mol. The molecule has 2 unspecified atom stereocenters. The standard InChI is InChI=1S/C21H32O.C3H8/c1-9-15(2)10-11-16(3)17(4)12-13-18(5)21(8)19(6)14-20(7)22;1-3-2/h12-16,22H,4-5,7-11H2,1-3,6H3;3H2,1-2H3/b13-12-,19-14-;. The summed E-state index contributed by atoms with van der Waals surface area (Å²) in [5.74, 6) is 1.27. The van der Waals surface area contributed by atoms with Crippen LogP contribution in [0.4, 0.5) is 0 Å². The van der Waals surface area contributed by atoms with Gasteiger partial charge in [0, 0.05) is 0 Å². The Balaban J connectivity index is 0. The van der Waals surface area contributed by atoms with E-state index in [2.05, 4.69) is 60.9 Å². The molecule has 2 atom stereocenters. The van der Waals surface area contributed by atoms with E-state index < -0.39 is 0 Å². The first kappa shape index (κ1) is 25.5. The van der Waals surface area contributed by atoms with Gasteiger partial charge < -0.3 is 5.11 Å².